The molecule has 1 aromatic carbocycles. The van der Waals surface area contributed by atoms with Gasteiger partial charge in [-0.05, 0) is 46.1 Å². The number of rotatable bonds is 6. The number of nitrogens with zero attached hydrogens (tertiary/aromatic N) is 2. The summed E-state index contributed by atoms with van der Waals surface area (Å²) >= 11 is 3.30. The Morgan fingerprint density at radius 3 is 2.69 bits per heavy atom. The van der Waals surface area contributed by atoms with Crippen LogP contribution in [0.15, 0.2) is 45.9 Å². The number of halogens is 4. The Morgan fingerprint density at radius 1 is 1.28 bits per heavy atom. The minimum Gasteiger partial charge on any atom is -0.495 e. The second-order valence-corrected chi connectivity index (χ2v) is 9.80. The van der Waals surface area contributed by atoms with E-state index in [0.29, 0.717) is 21.6 Å². The molecule has 2 aromatic heterocycles. The van der Waals surface area contributed by atoms with Crippen LogP contribution in [0.4, 0.5) is 18.9 Å². The molecule has 32 heavy (non-hydrogen) atoms. The molecule has 170 valence electrons. The van der Waals surface area contributed by atoms with Gasteiger partial charge in [-0.1, -0.05) is 12.8 Å². The minimum absolute atomic E-state index is 0.0346. The largest absolute Gasteiger partial charge is 0.495 e. The summed E-state index contributed by atoms with van der Waals surface area (Å²) in [5.41, 5.74) is 0.837. The predicted molar refractivity (Wildman–Crippen MR) is 119 cm³/mol. The van der Waals surface area contributed by atoms with Crippen LogP contribution in [0.1, 0.15) is 18.3 Å². The molecule has 0 aliphatic carbocycles. The van der Waals surface area contributed by atoms with Crippen LogP contribution < -0.4 is 10.1 Å². The molecule has 0 radical (unpaired) electrons. The molecule has 0 atom stereocenters. The number of alkyl halides is 3. The first kappa shape index (κ1) is 23.9. The first-order valence-electron chi connectivity index (χ1n) is 9.41. The Hall–Kier alpha value is -2.71. The Kier molecular flexibility index (Phi) is 7.05. The van der Waals surface area contributed by atoms with E-state index in [1.165, 1.54) is 29.8 Å². The molecule has 0 saturated heterocycles. The van der Waals surface area contributed by atoms with E-state index < -0.39 is 22.4 Å². The van der Waals surface area contributed by atoms with Gasteiger partial charge in [0.15, 0.2) is 15.5 Å². The van der Waals surface area contributed by atoms with Crippen LogP contribution in [0.5, 0.6) is 5.75 Å². The van der Waals surface area contributed by atoms with Crippen molar-refractivity contribution in [1.82, 2.24) is 9.38 Å². The van der Waals surface area contributed by atoms with E-state index in [1.54, 1.807) is 25.1 Å². The summed E-state index contributed by atoms with van der Waals surface area (Å²) in [4.78, 5) is 4.39. The van der Waals surface area contributed by atoms with Crippen molar-refractivity contribution in [1.29, 1.82) is 0 Å². The number of benzene rings is 1. The Balaban J connectivity index is 1.86. The van der Waals surface area contributed by atoms with E-state index in [0.717, 1.165) is 0 Å². The van der Waals surface area contributed by atoms with Crippen molar-refractivity contribution in [3.63, 3.8) is 0 Å². The summed E-state index contributed by atoms with van der Waals surface area (Å²) < 4.78 is 70.5. The third kappa shape index (κ3) is 5.37. The first-order valence-corrected chi connectivity index (χ1v) is 11.9. The maximum atomic E-state index is 13.1. The van der Waals surface area contributed by atoms with Crippen LogP contribution in [0, 0.1) is 11.8 Å². The number of pyridine rings is 1. The number of sulfone groups is 1. The third-order valence-electron chi connectivity index (χ3n) is 4.56. The first-order chi connectivity index (χ1) is 15.1. The molecule has 0 aliphatic rings. The van der Waals surface area contributed by atoms with Crippen LogP contribution in [0.25, 0.3) is 5.65 Å². The van der Waals surface area contributed by atoms with E-state index in [2.05, 4.69) is 38.1 Å². The van der Waals surface area contributed by atoms with Gasteiger partial charge in [-0.2, -0.15) is 13.2 Å². The van der Waals surface area contributed by atoms with Crippen molar-refractivity contribution in [2.24, 2.45) is 0 Å². The normalized spacial score (nSPS) is 11.8. The van der Waals surface area contributed by atoms with E-state index in [4.69, 9.17) is 4.74 Å². The van der Waals surface area contributed by atoms with Crippen LogP contribution in [-0.2, 0) is 16.3 Å². The van der Waals surface area contributed by atoms with Crippen molar-refractivity contribution in [3.8, 4) is 17.6 Å². The van der Waals surface area contributed by atoms with Crippen LogP contribution >= 0.6 is 15.9 Å². The van der Waals surface area contributed by atoms with Crippen molar-refractivity contribution in [2.45, 2.75) is 24.4 Å². The monoisotopic (exact) mass is 529 g/mol. The summed E-state index contributed by atoms with van der Waals surface area (Å²) in [5.74, 6) is 5.75. The smallest absolute Gasteiger partial charge is 0.394 e. The van der Waals surface area contributed by atoms with Gasteiger partial charge in [-0.3, -0.25) is 0 Å². The van der Waals surface area contributed by atoms with Crippen LogP contribution in [0.3, 0.4) is 0 Å². The maximum Gasteiger partial charge on any atom is 0.394 e. The topological polar surface area (TPSA) is 72.7 Å². The van der Waals surface area contributed by atoms with E-state index in [1.807, 2.05) is 0 Å². The Morgan fingerprint density at radius 2 is 2.03 bits per heavy atom. The number of methoxy groups -OCH3 is 1. The van der Waals surface area contributed by atoms with Gasteiger partial charge in [0.05, 0.1) is 46.6 Å². The third-order valence-corrected chi connectivity index (χ3v) is 6.91. The fraction of sp³-hybridized carbons (Fsp3) is 0.286. The standard InChI is InChI=1S/C21H19BrF3N3O3S/c1-3-32(29,30)14-8-9-17(19(12-14)31-2)26-10-4-7-16-18(13-21(23,24)25)28-11-5-6-15(22)20(28)27-16/h5-6,8-9,11-12,26H,3,10,13H2,1-2H3. The molecule has 11 heteroatoms. The highest BCUT2D eigenvalue weighted by Gasteiger charge is 2.31. The van der Waals surface area contributed by atoms with Gasteiger partial charge in [-0.25, -0.2) is 13.4 Å². The van der Waals surface area contributed by atoms with Gasteiger partial charge < -0.3 is 14.5 Å². The van der Waals surface area contributed by atoms with Gasteiger partial charge in [-0.15, -0.1) is 0 Å². The van der Waals surface area contributed by atoms with Crippen molar-refractivity contribution in [2.75, 3.05) is 24.7 Å². The lowest BCUT2D eigenvalue weighted by Gasteiger charge is -2.11. The number of anilines is 1. The number of aromatic nitrogens is 2. The lowest BCUT2D eigenvalue weighted by Crippen LogP contribution is -2.14. The molecule has 0 amide bonds. The SMILES string of the molecule is CCS(=O)(=O)c1ccc(NCC#Cc2nc3c(Br)cccn3c2CC(F)(F)F)c(OC)c1. The molecule has 3 rings (SSSR count). The molecule has 6 nitrogen and oxygen atoms in total. The highest BCUT2D eigenvalue weighted by molar-refractivity contribution is 9.10. The van der Waals surface area contributed by atoms with Crippen molar-refractivity contribution in [3.05, 3.63) is 52.4 Å². The zero-order valence-electron chi connectivity index (χ0n) is 17.1. The quantitative estimate of drug-likeness (QED) is 0.477. The summed E-state index contributed by atoms with van der Waals surface area (Å²) in [7, 11) is -1.98. The van der Waals surface area contributed by atoms with E-state index >= 15 is 0 Å². The molecule has 0 spiro atoms. The Bertz CT molecular complexity index is 1310. The molecule has 0 saturated carbocycles. The number of hydrogen-bond acceptors (Lipinski definition) is 5. The predicted octanol–water partition coefficient (Wildman–Crippen LogP) is 4.47. The molecule has 2 heterocycles. The van der Waals surface area contributed by atoms with Gasteiger partial charge in [0.2, 0.25) is 0 Å². The van der Waals surface area contributed by atoms with Crippen molar-refractivity contribution >= 4 is 37.1 Å². The number of fused-ring (bicyclic) bond motifs is 1. The number of nitrogens with one attached hydrogen (secondary N) is 1. The maximum absolute atomic E-state index is 13.1. The average Bonchev–Trinajstić information content (AvgIpc) is 3.08. The molecule has 0 unspecified atom stereocenters. The number of imidazole rings is 1. The molecule has 0 fully saturated rings. The van der Waals surface area contributed by atoms with Crippen molar-refractivity contribution < 1.29 is 26.3 Å². The van der Waals surface area contributed by atoms with Crippen LogP contribution in [-0.4, -0.2) is 43.4 Å². The molecule has 1 N–H and O–H groups in total. The molecule has 0 aliphatic heterocycles. The minimum atomic E-state index is -4.42. The van der Waals surface area contributed by atoms with Gasteiger partial charge in [0.25, 0.3) is 0 Å². The second kappa shape index (κ2) is 9.42. The average molecular weight is 530 g/mol. The number of ether oxygens (including phenoxy) is 1. The fourth-order valence-electron chi connectivity index (χ4n) is 2.99. The summed E-state index contributed by atoms with van der Waals surface area (Å²) in [6, 6.07) is 7.73. The molecule has 3 aromatic rings. The van der Waals surface area contributed by atoms with E-state index in [-0.39, 0.29) is 28.6 Å². The van der Waals surface area contributed by atoms with Gasteiger partial charge >= 0.3 is 6.18 Å². The number of hydrogen-bond donors (Lipinski definition) is 1. The van der Waals surface area contributed by atoms with Gasteiger partial charge in [0, 0.05) is 12.3 Å². The molecular formula is C21H19BrF3N3O3S. The summed E-state index contributed by atoms with van der Waals surface area (Å²) in [6.45, 7) is 1.63. The van der Waals surface area contributed by atoms with E-state index in [9.17, 15) is 21.6 Å². The van der Waals surface area contributed by atoms with Crippen LogP contribution in [0.2, 0.25) is 0 Å². The highest BCUT2D eigenvalue weighted by Crippen LogP contribution is 2.28. The highest BCUT2D eigenvalue weighted by atomic mass is 79.9. The molecular weight excluding hydrogens is 511 g/mol. The summed E-state index contributed by atoms with van der Waals surface area (Å²) in [5, 5.41) is 2.98. The molecule has 0 bridgehead atoms. The zero-order valence-corrected chi connectivity index (χ0v) is 19.5. The summed E-state index contributed by atoms with van der Waals surface area (Å²) in [6.07, 6.45) is -4.07. The zero-order chi connectivity index (χ0) is 23.5. The van der Waals surface area contributed by atoms with Gasteiger partial charge in [0.1, 0.15) is 11.4 Å². The lowest BCUT2D eigenvalue weighted by atomic mass is 10.2. The lowest BCUT2D eigenvalue weighted by molar-refractivity contribution is -0.128. The fourth-order valence-corrected chi connectivity index (χ4v) is 4.31. The Labute approximate surface area is 191 Å². The second-order valence-electron chi connectivity index (χ2n) is 6.67.